The first-order chi connectivity index (χ1) is 6.60. The van der Waals surface area contributed by atoms with Crippen LogP contribution in [0.3, 0.4) is 0 Å². The van der Waals surface area contributed by atoms with E-state index in [0.29, 0.717) is 0 Å². The van der Waals surface area contributed by atoms with Crippen LogP contribution in [0.2, 0.25) is 0 Å². The minimum absolute atomic E-state index is 0.166. The van der Waals surface area contributed by atoms with E-state index in [2.05, 4.69) is 13.2 Å². The molecule has 0 aliphatic rings. The maximum absolute atomic E-state index is 9.15. The summed E-state index contributed by atoms with van der Waals surface area (Å²) in [6, 6.07) is 0. The third-order valence-corrected chi connectivity index (χ3v) is 1.88. The van der Waals surface area contributed by atoms with Crippen molar-refractivity contribution < 1.29 is 9.84 Å². The highest BCUT2D eigenvalue weighted by molar-refractivity contribution is 5.22. The first kappa shape index (κ1) is 13.0. The normalized spacial score (nSPS) is 13.7. The van der Waals surface area contributed by atoms with Crippen LogP contribution in [0.5, 0.6) is 0 Å². The molecular weight excluding hydrogens is 176 g/mol. The fraction of sp³-hybridized carbons (Fsp3) is 0.500. The van der Waals surface area contributed by atoms with Crippen LogP contribution in [-0.2, 0) is 4.74 Å². The van der Waals surface area contributed by atoms with Crippen molar-refractivity contribution in [3.8, 4) is 0 Å². The Morgan fingerprint density at radius 1 is 1.57 bits per heavy atom. The standard InChI is InChI=1S/C12H20O2/c1-5-12(13)9-10(3)7-8-11(4)14-6-2/h5,9,11,13H,1,3,6-8H2,2,4H3/b12-9+. The SMILES string of the molecule is C=C/C(O)=C\C(=C)CCC(C)OCC. The maximum Gasteiger partial charge on any atom is 0.115 e. The summed E-state index contributed by atoms with van der Waals surface area (Å²) in [5.74, 6) is 0.166. The molecule has 1 unspecified atom stereocenters. The summed E-state index contributed by atoms with van der Waals surface area (Å²) in [5.41, 5.74) is 0.897. The van der Waals surface area contributed by atoms with Gasteiger partial charge in [0.1, 0.15) is 5.76 Å². The molecule has 0 saturated heterocycles. The van der Waals surface area contributed by atoms with Crippen LogP contribution >= 0.6 is 0 Å². The molecule has 80 valence electrons. The fourth-order valence-corrected chi connectivity index (χ4v) is 1.10. The van der Waals surface area contributed by atoms with Gasteiger partial charge in [-0.2, -0.15) is 0 Å². The van der Waals surface area contributed by atoms with E-state index in [-0.39, 0.29) is 11.9 Å². The molecule has 1 N–H and O–H groups in total. The molecule has 0 saturated carbocycles. The van der Waals surface area contributed by atoms with Crippen LogP contribution in [0, 0.1) is 0 Å². The molecule has 0 spiro atoms. The second-order valence-electron chi connectivity index (χ2n) is 3.24. The van der Waals surface area contributed by atoms with Crippen LogP contribution in [0.25, 0.3) is 0 Å². The summed E-state index contributed by atoms with van der Waals surface area (Å²) < 4.78 is 5.38. The molecule has 0 aromatic heterocycles. The lowest BCUT2D eigenvalue weighted by molar-refractivity contribution is 0.0707. The molecule has 0 fully saturated rings. The molecule has 0 aliphatic carbocycles. The summed E-state index contributed by atoms with van der Waals surface area (Å²) in [7, 11) is 0. The number of hydrogen-bond acceptors (Lipinski definition) is 2. The fourth-order valence-electron chi connectivity index (χ4n) is 1.10. The number of aliphatic hydroxyl groups is 1. The van der Waals surface area contributed by atoms with E-state index in [4.69, 9.17) is 9.84 Å². The average molecular weight is 196 g/mol. The number of allylic oxidation sites excluding steroid dienone is 3. The summed E-state index contributed by atoms with van der Waals surface area (Å²) in [4.78, 5) is 0. The Morgan fingerprint density at radius 2 is 2.21 bits per heavy atom. The lowest BCUT2D eigenvalue weighted by Crippen LogP contribution is -2.07. The zero-order valence-electron chi connectivity index (χ0n) is 9.12. The van der Waals surface area contributed by atoms with Crippen LogP contribution < -0.4 is 0 Å². The Labute approximate surface area is 86.6 Å². The van der Waals surface area contributed by atoms with Gasteiger partial charge >= 0.3 is 0 Å². The molecule has 2 nitrogen and oxygen atoms in total. The number of hydrogen-bond donors (Lipinski definition) is 1. The smallest absolute Gasteiger partial charge is 0.115 e. The first-order valence-electron chi connectivity index (χ1n) is 4.92. The third-order valence-electron chi connectivity index (χ3n) is 1.88. The minimum atomic E-state index is 0.166. The Morgan fingerprint density at radius 3 is 2.71 bits per heavy atom. The zero-order valence-corrected chi connectivity index (χ0v) is 9.12. The molecule has 0 heterocycles. The monoisotopic (exact) mass is 196 g/mol. The number of rotatable bonds is 7. The Hall–Kier alpha value is -1.02. The molecule has 0 amide bonds. The van der Waals surface area contributed by atoms with Crippen LogP contribution in [0.1, 0.15) is 26.7 Å². The molecule has 0 radical (unpaired) electrons. The summed E-state index contributed by atoms with van der Waals surface area (Å²) in [6.45, 7) is 12.0. The Balaban J connectivity index is 3.79. The van der Waals surface area contributed by atoms with Crippen molar-refractivity contribution in [2.75, 3.05) is 6.61 Å². The topological polar surface area (TPSA) is 29.5 Å². The molecule has 0 aromatic rings. The molecular formula is C12H20O2. The average Bonchev–Trinajstić information content (AvgIpc) is 2.15. The van der Waals surface area contributed by atoms with Crippen LogP contribution in [-0.4, -0.2) is 17.8 Å². The van der Waals surface area contributed by atoms with Crippen LogP contribution in [0.15, 0.2) is 36.6 Å². The number of ether oxygens (including phenoxy) is 1. The molecule has 14 heavy (non-hydrogen) atoms. The van der Waals surface area contributed by atoms with E-state index in [9.17, 15) is 0 Å². The van der Waals surface area contributed by atoms with Gasteiger partial charge in [-0.25, -0.2) is 0 Å². The van der Waals surface area contributed by atoms with E-state index >= 15 is 0 Å². The lowest BCUT2D eigenvalue weighted by Gasteiger charge is -2.10. The van der Waals surface area contributed by atoms with Gasteiger partial charge in [0.15, 0.2) is 0 Å². The molecule has 2 heteroatoms. The first-order valence-corrected chi connectivity index (χ1v) is 4.92. The van der Waals surface area contributed by atoms with Crippen molar-refractivity contribution in [1.82, 2.24) is 0 Å². The second kappa shape index (κ2) is 7.39. The van der Waals surface area contributed by atoms with Crippen molar-refractivity contribution in [2.45, 2.75) is 32.8 Å². The van der Waals surface area contributed by atoms with Crippen molar-refractivity contribution in [1.29, 1.82) is 0 Å². The van der Waals surface area contributed by atoms with Gasteiger partial charge in [0.25, 0.3) is 0 Å². The van der Waals surface area contributed by atoms with E-state index < -0.39 is 0 Å². The largest absolute Gasteiger partial charge is 0.508 e. The second-order valence-corrected chi connectivity index (χ2v) is 3.24. The highest BCUT2D eigenvalue weighted by Gasteiger charge is 2.01. The van der Waals surface area contributed by atoms with Crippen molar-refractivity contribution >= 4 is 0 Å². The summed E-state index contributed by atoms with van der Waals surface area (Å²) in [5, 5.41) is 9.15. The molecule has 0 rings (SSSR count). The molecule has 0 aromatic carbocycles. The van der Waals surface area contributed by atoms with Gasteiger partial charge < -0.3 is 9.84 Å². The minimum Gasteiger partial charge on any atom is -0.508 e. The van der Waals surface area contributed by atoms with Gasteiger partial charge in [0.2, 0.25) is 0 Å². The van der Waals surface area contributed by atoms with Gasteiger partial charge in [0.05, 0.1) is 6.10 Å². The van der Waals surface area contributed by atoms with E-state index in [1.165, 1.54) is 6.08 Å². The van der Waals surface area contributed by atoms with Gasteiger partial charge in [-0.15, -0.1) is 0 Å². The highest BCUT2D eigenvalue weighted by atomic mass is 16.5. The van der Waals surface area contributed by atoms with E-state index in [1.807, 2.05) is 13.8 Å². The number of aliphatic hydroxyl groups excluding tert-OH is 1. The van der Waals surface area contributed by atoms with Gasteiger partial charge in [-0.1, -0.05) is 18.7 Å². The molecule has 0 bridgehead atoms. The lowest BCUT2D eigenvalue weighted by atomic mass is 10.1. The third kappa shape index (κ3) is 6.49. The summed E-state index contributed by atoms with van der Waals surface area (Å²) >= 11 is 0. The molecule has 0 aliphatic heterocycles. The van der Waals surface area contributed by atoms with Crippen molar-refractivity contribution in [3.05, 3.63) is 36.6 Å². The highest BCUT2D eigenvalue weighted by Crippen LogP contribution is 2.10. The van der Waals surface area contributed by atoms with Gasteiger partial charge in [0, 0.05) is 6.61 Å². The van der Waals surface area contributed by atoms with E-state index in [0.717, 1.165) is 25.0 Å². The van der Waals surface area contributed by atoms with Gasteiger partial charge in [-0.3, -0.25) is 0 Å². The van der Waals surface area contributed by atoms with Gasteiger partial charge in [-0.05, 0) is 38.8 Å². The zero-order chi connectivity index (χ0) is 11.0. The van der Waals surface area contributed by atoms with Crippen molar-refractivity contribution in [3.63, 3.8) is 0 Å². The van der Waals surface area contributed by atoms with E-state index in [1.54, 1.807) is 6.08 Å². The predicted octanol–water partition coefficient (Wildman–Crippen LogP) is 3.38. The Kier molecular flexibility index (Phi) is 6.85. The van der Waals surface area contributed by atoms with Crippen LogP contribution in [0.4, 0.5) is 0 Å². The summed E-state index contributed by atoms with van der Waals surface area (Å²) in [6.07, 6.45) is 5.03. The maximum atomic E-state index is 9.15. The predicted molar refractivity (Wildman–Crippen MR) is 60.4 cm³/mol. The Bertz CT molecular complexity index is 216. The quantitative estimate of drug-likeness (QED) is 0.499. The van der Waals surface area contributed by atoms with Crippen molar-refractivity contribution in [2.24, 2.45) is 0 Å². The molecule has 1 atom stereocenters.